The van der Waals surface area contributed by atoms with Crippen molar-refractivity contribution in [2.45, 2.75) is 0 Å². The van der Waals surface area contributed by atoms with Crippen molar-refractivity contribution < 1.29 is 4.79 Å². The van der Waals surface area contributed by atoms with E-state index in [-0.39, 0.29) is 5.91 Å². The zero-order valence-electron chi connectivity index (χ0n) is 8.12. The molecule has 1 aromatic carbocycles. The molecular formula is C10H10ClN3O. The van der Waals surface area contributed by atoms with Crippen molar-refractivity contribution in [3.05, 3.63) is 35.0 Å². The number of carbonyl (C=O) groups is 1. The van der Waals surface area contributed by atoms with Gasteiger partial charge in [0.25, 0.3) is 5.91 Å². The molecule has 0 unspecified atom stereocenters. The standard InChI is InChI=1S/C10H10ClN3O/c1-14-8-3-2-7(11)4-6(8)5-9(14)10(15)13-12/h2-5H,12H2,1H3,(H,13,15). The zero-order chi connectivity index (χ0) is 11.0. The van der Waals surface area contributed by atoms with Gasteiger partial charge in [0.05, 0.1) is 0 Å². The van der Waals surface area contributed by atoms with Gasteiger partial charge in [-0.3, -0.25) is 10.2 Å². The lowest BCUT2D eigenvalue weighted by Crippen LogP contribution is -2.31. The Morgan fingerprint density at radius 3 is 2.87 bits per heavy atom. The summed E-state index contributed by atoms with van der Waals surface area (Å²) in [6.45, 7) is 0. The molecule has 1 heterocycles. The van der Waals surface area contributed by atoms with E-state index in [9.17, 15) is 4.79 Å². The first-order valence-electron chi connectivity index (χ1n) is 4.39. The predicted molar refractivity (Wildman–Crippen MR) is 59.6 cm³/mol. The summed E-state index contributed by atoms with van der Waals surface area (Å²) in [5.41, 5.74) is 3.56. The number of carbonyl (C=O) groups excluding carboxylic acids is 1. The minimum absolute atomic E-state index is 0.315. The first kappa shape index (κ1) is 10.0. The number of hydrazine groups is 1. The highest BCUT2D eigenvalue weighted by atomic mass is 35.5. The summed E-state index contributed by atoms with van der Waals surface area (Å²) in [5, 5.41) is 1.57. The number of nitrogen functional groups attached to an aromatic ring is 1. The van der Waals surface area contributed by atoms with Crippen molar-refractivity contribution in [3.8, 4) is 0 Å². The molecule has 4 nitrogen and oxygen atoms in total. The quantitative estimate of drug-likeness (QED) is 0.437. The van der Waals surface area contributed by atoms with Crippen LogP contribution in [0.25, 0.3) is 10.9 Å². The predicted octanol–water partition coefficient (Wildman–Crippen LogP) is 1.44. The van der Waals surface area contributed by atoms with Crippen LogP contribution in [-0.2, 0) is 7.05 Å². The number of halogens is 1. The fourth-order valence-electron chi connectivity index (χ4n) is 1.61. The monoisotopic (exact) mass is 223 g/mol. The topological polar surface area (TPSA) is 60.0 Å². The van der Waals surface area contributed by atoms with Gasteiger partial charge in [0.15, 0.2) is 0 Å². The first-order valence-corrected chi connectivity index (χ1v) is 4.77. The average molecular weight is 224 g/mol. The second-order valence-electron chi connectivity index (χ2n) is 3.27. The lowest BCUT2D eigenvalue weighted by atomic mass is 10.2. The van der Waals surface area contributed by atoms with Crippen LogP contribution >= 0.6 is 11.6 Å². The van der Waals surface area contributed by atoms with Gasteiger partial charge in [0.1, 0.15) is 5.69 Å². The number of amides is 1. The highest BCUT2D eigenvalue weighted by Gasteiger charge is 2.11. The van der Waals surface area contributed by atoms with Crippen LogP contribution in [0, 0.1) is 0 Å². The van der Waals surface area contributed by atoms with Gasteiger partial charge in [-0.05, 0) is 24.3 Å². The van der Waals surface area contributed by atoms with Crippen LogP contribution in [0.15, 0.2) is 24.3 Å². The summed E-state index contributed by atoms with van der Waals surface area (Å²) in [4.78, 5) is 11.4. The summed E-state index contributed by atoms with van der Waals surface area (Å²) in [7, 11) is 1.81. The van der Waals surface area contributed by atoms with Gasteiger partial charge in [-0.25, -0.2) is 5.84 Å². The third-order valence-electron chi connectivity index (χ3n) is 2.37. The van der Waals surface area contributed by atoms with Crippen molar-refractivity contribution in [2.75, 3.05) is 0 Å². The van der Waals surface area contributed by atoms with Crippen LogP contribution in [0.2, 0.25) is 5.02 Å². The van der Waals surface area contributed by atoms with Gasteiger partial charge in [0.2, 0.25) is 0 Å². The summed E-state index contributed by atoms with van der Waals surface area (Å²) >= 11 is 5.86. The van der Waals surface area contributed by atoms with Crippen LogP contribution in [0.3, 0.4) is 0 Å². The molecule has 15 heavy (non-hydrogen) atoms. The van der Waals surface area contributed by atoms with Crippen molar-refractivity contribution in [1.82, 2.24) is 9.99 Å². The summed E-state index contributed by atoms with van der Waals surface area (Å²) in [5.74, 6) is 4.77. The normalized spacial score (nSPS) is 10.6. The van der Waals surface area contributed by atoms with Crippen molar-refractivity contribution >= 4 is 28.4 Å². The largest absolute Gasteiger partial charge is 0.340 e. The molecule has 0 fully saturated rings. The Morgan fingerprint density at radius 2 is 2.20 bits per heavy atom. The highest BCUT2D eigenvalue weighted by molar-refractivity contribution is 6.31. The first-order chi connectivity index (χ1) is 7.13. The van der Waals surface area contributed by atoms with E-state index < -0.39 is 0 Å². The van der Waals surface area contributed by atoms with Crippen molar-refractivity contribution in [2.24, 2.45) is 12.9 Å². The Labute approximate surface area is 91.6 Å². The summed E-state index contributed by atoms with van der Waals surface area (Å²) in [6, 6.07) is 7.21. The van der Waals surface area contributed by atoms with Crippen LogP contribution in [0.5, 0.6) is 0 Å². The van der Waals surface area contributed by atoms with Gasteiger partial charge < -0.3 is 4.57 Å². The van der Waals surface area contributed by atoms with Crippen molar-refractivity contribution in [1.29, 1.82) is 0 Å². The number of hydrogen-bond donors (Lipinski definition) is 2. The van der Waals surface area contributed by atoms with Crippen molar-refractivity contribution in [3.63, 3.8) is 0 Å². The average Bonchev–Trinajstić information content (AvgIpc) is 2.54. The molecule has 0 saturated carbocycles. The third-order valence-corrected chi connectivity index (χ3v) is 2.60. The lowest BCUT2D eigenvalue weighted by Gasteiger charge is -2.01. The maximum absolute atomic E-state index is 11.4. The van der Waals surface area contributed by atoms with E-state index in [2.05, 4.69) is 5.43 Å². The van der Waals surface area contributed by atoms with E-state index >= 15 is 0 Å². The molecule has 2 aromatic rings. The van der Waals surface area contributed by atoms with E-state index in [0.717, 1.165) is 10.9 Å². The van der Waals surface area contributed by atoms with Gasteiger partial charge in [-0.1, -0.05) is 11.6 Å². The number of aromatic nitrogens is 1. The molecular weight excluding hydrogens is 214 g/mol. The summed E-state index contributed by atoms with van der Waals surface area (Å²) in [6.07, 6.45) is 0. The highest BCUT2D eigenvalue weighted by Crippen LogP contribution is 2.22. The number of aryl methyl sites for hydroxylation is 1. The summed E-state index contributed by atoms with van der Waals surface area (Å²) < 4.78 is 1.77. The Morgan fingerprint density at radius 1 is 1.47 bits per heavy atom. The molecule has 2 rings (SSSR count). The smallest absolute Gasteiger partial charge is 0.281 e. The van der Waals surface area contributed by atoms with Gasteiger partial charge in [-0.2, -0.15) is 0 Å². The number of hydrogen-bond acceptors (Lipinski definition) is 2. The van der Waals surface area contributed by atoms with Crippen LogP contribution in [0.4, 0.5) is 0 Å². The molecule has 0 bridgehead atoms. The number of rotatable bonds is 1. The Bertz CT molecular complexity index is 533. The van der Waals surface area contributed by atoms with Gasteiger partial charge in [-0.15, -0.1) is 0 Å². The number of nitrogens with one attached hydrogen (secondary N) is 1. The molecule has 0 saturated heterocycles. The Hall–Kier alpha value is -1.52. The maximum Gasteiger partial charge on any atom is 0.281 e. The molecule has 1 aromatic heterocycles. The van der Waals surface area contributed by atoms with E-state index in [1.54, 1.807) is 23.7 Å². The third kappa shape index (κ3) is 1.58. The fourth-order valence-corrected chi connectivity index (χ4v) is 1.79. The second kappa shape index (κ2) is 3.56. The molecule has 78 valence electrons. The molecule has 1 amide bonds. The maximum atomic E-state index is 11.4. The molecule has 0 radical (unpaired) electrons. The molecule has 0 spiro atoms. The van der Waals surface area contributed by atoms with Crippen LogP contribution in [0.1, 0.15) is 10.5 Å². The minimum Gasteiger partial charge on any atom is -0.340 e. The number of nitrogens with zero attached hydrogens (tertiary/aromatic N) is 1. The molecule has 0 aliphatic carbocycles. The Kier molecular flexibility index (Phi) is 2.38. The molecule has 0 atom stereocenters. The van der Waals surface area contributed by atoms with Gasteiger partial charge >= 0.3 is 0 Å². The SMILES string of the molecule is Cn1c(C(=O)NN)cc2cc(Cl)ccc21. The molecule has 5 heteroatoms. The number of benzene rings is 1. The van der Waals surface area contributed by atoms with Crippen LogP contribution < -0.4 is 11.3 Å². The Balaban J connectivity index is 2.69. The molecule has 3 N–H and O–H groups in total. The van der Waals surface area contributed by atoms with E-state index in [1.165, 1.54) is 0 Å². The van der Waals surface area contributed by atoms with E-state index in [0.29, 0.717) is 10.7 Å². The molecule has 0 aliphatic heterocycles. The van der Waals surface area contributed by atoms with E-state index in [1.807, 2.05) is 12.1 Å². The number of fused-ring (bicyclic) bond motifs is 1. The molecule has 0 aliphatic rings. The zero-order valence-corrected chi connectivity index (χ0v) is 8.88. The lowest BCUT2D eigenvalue weighted by molar-refractivity contribution is 0.0946. The second-order valence-corrected chi connectivity index (χ2v) is 3.70. The van der Waals surface area contributed by atoms with E-state index in [4.69, 9.17) is 17.4 Å². The van der Waals surface area contributed by atoms with Crippen LogP contribution in [-0.4, -0.2) is 10.5 Å². The van der Waals surface area contributed by atoms with Gasteiger partial charge in [0, 0.05) is 23.0 Å². The minimum atomic E-state index is -0.315. The fraction of sp³-hybridized carbons (Fsp3) is 0.100. The number of nitrogens with two attached hydrogens (primary N) is 1.